The number of nitrogens with one attached hydrogen (secondary N) is 1. The average molecular weight is 456 g/mol. The number of hydrogen-bond donors (Lipinski definition) is 1. The molecule has 1 fully saturated rings. The van der Waals surface area contributed by atoms with Crippen molar-refractivity contribution >= 4 is 15.7 Å². The molecule has 0 amide bonds. The quantitative estimate of drug-likeness (QED) is 0.554. The van der Waals surface area contributed by atoms with Crippen LogP contribution in [0.2, 0.25) is 0 Å². The summed E-state index contributed by atoms with van der Waals surface area (Å²) in [6, 6.07) is 15.0. The van der Waals surface area contributed by atoms with Gasteiger partial charge in [0.2, 0.25) is 10.0 Å². The molecule has 1 aliphatic rings. The van der Waals surface area contributed by atoms with Crippen LogP contribution in [0.15, 0.2) is 59.8 Å². The highest BCUT2D eigenvalue weighted by Crippen LogP contribution is 2.18. The summed E-state index contributed by atoms with van der Waals surface area (Å²) in [6.07, 6.45) is 2.18. The van der Waals surface area contributed by atoms with Gasteiger partial charge >= 0.3 is 0 Å². The van der Waals surface area contributed by atoms with Crippen molar-refractivity contribution in [1.82, 2.24) is 29.8 Å². The zero-order valence-electron chi connectivity index (χ0n) is 18.4. The molecule has 3 aromatic rings. The number of benzene rings is 2. The van der Waals surface area contributed by atoms with Gasteiger partial charge in [-0.25, -0.2) is 17.8 Å². The van der Waals surface area contributed by atoms with E-state index in [1.54, 1.807) is 24.3 Å². The lowest BCUT2D eigenvalue weighted by atomic mass is 10.2. The van der Waals surface area contributed by atoms with Crippen LogP contribution in [0.4, 0.5) is 5.69 Å². The minimum atomic E-state index is -3.63. The van der Waals surface area contributed by atoms with Crippen LogP contribution in [-0.4, -0.2) is 72.3 Å². The van der Waals surface area contributed by atoms with Crippen molar-refractivity contribution in [2.75, 3.05) is 37.6 Å². The minimum absolute atomic E-state index is 0.175. The van der Waals surface area contributed by atoms with E-state index in [1.165, 1.54) is 22.3 Å². The molecule has 2 aromatic carbocycles. The van der Waals surface area contributed by atoms with Crippen molar-refractivity contribution in [3.8, 4) is 5.69 Å². The average Bonchev–Trinajstić information content (AvgIpc) is 3.33. The van der Waals surface area contributed by atoms with E-state index in [4.69, 9.17) is 0 Å². The molecule has 4 rings (SSSR count). The SMILES string of the molecule is Cc1cccc(N2CCN(CCC(C)NS(=O)(=O)c3cccc(-n4cnnn4)c3)CC2)c1. The number of anilines is 1. The standard InChI is InChI=1S/C22H29N7O2S/c1-18-5-3-6-20(15-18)28-13-11-27(12-14-28)10-9-19(2)24-32(30,31)22-8-4-7-21(16-22)29-17-23-25-26-29/h3-8,15-17,19,24H,9-14H2,1-2H3. The number of aryl methyl sites for hydroxylation is 1. The molecule has 0 aliphatic carbocycles. The second-order valence-corrected chi connectivity index (χ2v) is 9.94. The maximum atomic E-state index is 12.9. The molecule has 1 aromatic heterocycles. The Bertz CT molecular complexity index is 1130. The van der Waals surface area contributed by atoms with Crippen molar-refractivity contribution in [3.63, 3.8) is 0 Å². The monoisotopic (exact) mass is 455 g/mol. The van der Waals surface area contributed by atoms with Crippen LogP contribution >= 0.6 is 0 Å². The predicted octanol–water partition coefficient (Wildman–Crippen LogP) is 1.85. The van der Waals surface area contributed by atoms with Gasteiger partial charge in [-0.05, 0) is 73.1 Å². The smallest absolute Gasteiger partial charge is 0.240 e. The molecule has 0 saturated carbocycles. The highest BCUT2D eigenvalue weighted by Gasteiger charge is 2.21. The number of piperazine rings is 1. The van der Waals surface area contributed by atoms with Gasteiger partial charge in [-0.15, -0.1) is 5.10 Å². The number of tetrazole rings is 1. The van der Waals surface area contributed by atoms with Gasteiger partial charge in [0.15, 0.2) is 0 Å². The maximum Gasteiger partial charge on any atom is 0.240 e. The molecule has 170 valence electrons. The van der Waals surface area contributed by atoms with Crippen LogP contribution in [0.3, 0.4) is 0 Å². The molecule has 1 saturated heterocycles. The van der Waals surface area contributed by atoms with Crippen molar-refractivity contribution in [2.45, 2.75) is 31.2 Å². The van der Waals surface area contributed by atoms with Crippen LogP contribution in [0, 0.1) is 6.92 Å². The third kappa shape index (κ3) is 5.50. The fourth-order valence-corrected chi connectivity index (χ4v) is 5.21. The second kappa shape index (κ2) is 9.76. The lowest BCUT2D eigenvalue weighted by Gasteiger charge is -2.36. The van der Waals surface area contributed by atoms with Crippen LogP contribution in [0.1, 0.15) is 18.9 Å². The molecule has 1 aliphatic heterocycles. The Labute approximate surface area is 189 Å². The van der Waals surface area contributed by atoms with Crippen LogP contribution in [0.5, 0.6) is 0 Å². The van der Waals surface area contributed by atoms with Crippen LogP contribution < -0.4 is 9.62 Å². The normalized spacial score (nSPS) is 16.2. The third-order valence-corrected chi connectivity index (χ3v) is 7.30. The molecule has 9 nitrogen and oxygen atoms in total. The topological polar surface area (TPSA) is 96.2 Å². The van der Waals surface area contributed by atoms with Gasteiger partial charge in [-0.1, -0.05) is 18.2 Å². The summed E-state index contributed by atoms with van der Waals surface area (Å²) >= 11 is 0. The lowest BCUT2D eigenvalue weighted by molar-refractivity contribution is 0.248. The largest absolute Gasteiger partial charge is 0.369 e. The zero-order valence-corrected chi connectivity index (χ0v) is 19.2. The minimum Gasteiger partial charge on any atom is -0.369 e. The van der Waals surface area contributed by atoms with Crippen LogP contribution in [-0.2, 0) is 10.0 Å². The Morgan fingerprint density at radius 3 is 2.50 bits per heavy atom. The van der Waals surface area contributed by atoms with E-state index in [1.807, 2.05) is 6.92 Å². The first-order valence-corrected chi connectivity index (χ1v) is 12.3. The molecular weight excluding hydrogens is 426 g/mol. The Morgan fingerprint density at radius 1 is 1.03 bits per heavy atom. The number of rotatable bonds is 8. The summed E-state index contributed by atoms with van der Waals surface area (Å²) in [4.78, 5) is 5.01. The molecule has 2 heterocycles. The van der Waals surface area contributed by atoms with E-state index >= 15 is 0 Å². The van der Waals surface area contributed by atoms with Gasteiger partial charge in [0.1, 0.15) is 6.33 Å². The van der Waals surface area contributed by atoms with E-state index in [0.29, 0.717) is 5.69 Å². The molecular formula is C22H29N7O2S. The number of aromatic nitrogens is 4. The maximum absolute atomic E-state index is 12.9. The van der Waals surface area contributed by atoms with Gasteiger partial charge in [0.05, 0.1) is 10.6 Å². The number of nitrogens with zero attached hydrogens (tertiary/aromatic N) is 6. The van der Waals surface area contributed by atoms with E-state index in [0.717, 1.165) is 39.1 Å². The lowest BCUT2D eigenvalue weighted by Crippen LogP contribution is -2.47. The summed E-state index contributed by atoms with van der Waals surface area (Å²) in [5.74, 6) is 0. The second-order valence-electron chi connectivity index (χ2n) is 8.23. The van der Waals surface area contributed by atoms with Gasteiger partial charge < -0.3 is 4.90 Å². The van der Waals surface area contributed by atoms with E-state index in [9.17, 15) is 8.42 Å². The predicted molar refractivity (Wildman–Crippen MR) is 123 cm³/mol. The Kier molecular flexibility index (Phi) is 6.83. The van der Waals surface area contributed by atoms with Gasteiger partial charge in [0, 0.05) is 37.9 Å². The molecule has 1 unspecified atom stereocenters. The zero-order chi connectivity index (χ0) is 22.6. The van der Waals surface area contributed by atoms with Crippen LogP contribution in [0.25, 0.3) is 5.69 Å². The number of hydrogen-bond acceptors (Lipinski definition) is 7. The fraction of sp³-hybridized carbons (Fsp3) is 0.409. The fourth-order valence-electron chi connectivity index (χ4n) is 3.90. The molecule has 0 radical (unpaired) electrons. The molecule has 32 heavy (non-hydrogen) atoms. The highest BCUT2D eigenvalue weighted by atomic mass is 32.2. The summed E-state index contributed by atoms with van der Waals surface area (Å²) in [6.45, 7) is 8.79. The Morgan fingerprint density at radius 2 is 1.78 bits per heavy atom. The first kappa shape index (κ1) is 22.4. The first-order valence-electron chi connectivity index (χ1n) is 10.8. The van der Waals surface area contributed by atoms with E-state index in [-0.39, 0.29) is 10.9 Å². The Balaban J connectivity index is 1.28. The molecule has 0 bridgehead atoms. The molecule has 0 spiro atoms. The van der Waals surface area contributed by atoms with Gasteiger partial charge in [-0.3, -0.25) is 4.90 Å². The van der Waals surface area contributed by atoms with E-state index < -0.39 is 10.0 Å². The Hall–Kier alpha value is -2.82. The van der Waals surface area contributed by atoms with Gasteiger partial charge in [0.25, 0.3) is 0 Å². The summed E-state index contributed by atoms with van der Waals surface area (Å²) in [7, 11) is -3.63. The van der Waals surface area contributed by atoms with Crippen molar-refractivity contribution < 1.29 is 8.42 Å². The van der Waals surface area contributed by atoms with Crippen molar-refractivity contribution in [3.05, 3.63) is 60.4 Å². The highest BCUT2D eigenvalue weighted by molar-refractivity contribution is 7.89. The van der Waals surface area contributed by atoms with Crippen molar-refractivity contribution in [1.29, 1.82) is 0 Å². The summed E-state index contributed by atoms with van der Waals surface area (Å²) < 4.78 is 29.9. The molecule has 10 heteroatoms. The summed E-state index contributed by atoms with van der Waals surface area (Å²) in [5.41, 5.74) is 3.14. The third-order valence-electron chi connectivity index (χ3n) is 5.72. The van der Waals surface area contributed by atoms with Gasteiger partial charge in [-0.2, -0.15) is 0 Å². The molecule has 1 N–H and O–H groups in total. The molecule has 1 atom stereocenters. The summed E-state index contributed by atoms with van der Waals surface area (Å²) in [5, 5.41) is 11.0. The first-order chi connectivity index (χ1) is 15.4. The number of sulfonamides is 1. The van der Waals surface area contributed by atoms with E-state index in [2.05, 4.69) is 61.2 Å². The van der Waals surface area contributed by atoms with Crippen molar-refractivity contribution in [2.24, 2.45) is 0 Å².